The van der Waals surface area contributed by atoms with Crippen LogP contribution < -0.4 is 14.9 Å². The summed E-state index contributed by atoms with van der Waals surface area (Å²) >= 11 is 0. The molecule has 2 aromatic rings. The molecular weight excluding hydrogens is 421 g/mol. The van der Waals surface area contributed by atoms with Crippen molar-refractivity contribution in [2.75, 3.05) is 23.3 Å². The van der Waals surface area contributed by atoms with Crippen molar-refractivity contribution in [3.8, 4) is 0 Å². The molecular formula is C19H21F3N4O3S. The highest BCUT2D eigenvalue weighted by atomic mass is 32.2. The molecule has 1 amide bonds. The minimum absolute atomic E-state index is 0.352. The second kappa shape index (κ2) is 8.60. The minimum atomic E-state index is -4.85. The number of carbonyl (C=O) groups excluding carboxylic acids is 1. The number of hydrogen-bond acceptors (Lipinski definition) is 5. The molecule has 2 N–H and O–H groups in total. The van der Waals surface area contributed by atoms with Crippen LogP contribution in [0.1, 0.15) is 25.3 Å². The second-order valence-corrected chi connectivity index (χ2v) is 8.61. The maximum absolute atomic E-state index is 13.1. The van der Waals surface area contributed by atoms with Crippen molar-refractivity contribution in [2.45, 2.75) is 36.9 Å². The predicted octanol–water partition coefficient (Wildman–Crippen LogP) is 3.01. The van der Waals surface area contributed by atoms with Gasteiger partial charge in [-0.05, 0) is 44.0 Å². The van der Waals surface area contributed by atoms with Gasteiger partial charge in [0.05, 0.1) is 28.4 Å². The molecule has 1 aromatic carbocycles. The van der Waals surface area contributed by atoms with E-state index in [1.165, 1.54) is 19.2 Å². The number of hydrogen-bond donors (Lipinski definition) is 2. The number of pyridine rings is 1. The van der Waals surface area contributed by atoms with Gasteiger partial charge in [-0.15, -0.1) is 0 Å². The summed E-state index contributed by atoms with van der Waals surface area (Å²) < 4.78 is 66.3. The van der Waals surface area contributed by atoms with Crippen LogP contribution in [0.5, 0.6) is 0 Å². The Morgan fingerprint density at radius 3 is 2.40 bits per heavy atom. The maximum atomic E-state index is 13.1. The van der Waals surface area contributed by atoms with E-state index in [4.69, 9.17) is 0 Å². The van der Waals surface area contributed by atoms with Crippen molar-refractivity contribution >= 4 is 27.4 Å². The zero-order chi connectivity index (χ0) is 21.9. The first-order valence-electron chi connectivity index (χ1n) is 9.28. The third-order valence-electron chi connectivity index (χ3n) is 4.65. The van der Waals surface area contributed by atoms with E-state index in [9.17, 15) is 26.4 Å². The summed E-state index contributed by atoms with van der Waals surface area (Å²) in [5.74, 6) is 0.0572. The van der Waals surface area contributed by atoms with E-state index in [0.717, 1.165) is 43.9 Å². The first kappa shape index (κ1) is 22.0. The Bertz CT molecular complexity index is 1000. The third-order valence-corrected chi connectivity index (χ3v) is 6.25. The number of aromatic nitrogens is 1. The summed E-state index contributed by atoms with van der Waals surface area (Å²) in [6, 6.07) is 5.87. The van der Waals surface area contributed by atoms with Gasteiger partial charge in [0.2, 0.25) is 15.9 Å². The first-order chi connectivity index (χ1) is 14.1. The largest absolute Gasteiger partial charge is 0.417 e. The number of carbonyl (C=O) groups is 1. The fraction of sp³-hybridized carbons (Fsp3) is 0.368. The Kier molecular flexibility index (Phi) is 6.32. The molecule has 0 unspecified atom stereocenters. The lowest BCUT2D eigenvalue weighted by Crippen LogP contribution is -2.42. The number of halogens is 3. The summed E-state index contributed by atoms with van der Waals surface area (Å²) in [4.78, 5) is 17.8. The van der Waals surface area contributed by atoms with Gasteiger partial charge in [-0.2, -0.15) is 17.9 Å². The Labute approximate surface area is 172 Å². The fourth-order valence-corrected chi connectivity index (χ4v) is 4.56. The van der Waals surface area contributed by atoms with Crippen LogP contribution in [0, 0.1) is 0 Å². The third kappa shape index (κ3) is 5.08. The van der Waals surface area contributed by atoms with Gasteiger partial charge in [0.15, 0.2) is 0 Å². The van der Waals surface area contributed by atoms with Crippen molar-refractivity contribution in [3.05, 3.63) is 48.2 Å². The maximum Gasteiger partial charge on any atom is 0.417 e. The molecule has 1 saturated heterocycles. The topological polar surface area (TPSA) is 91.4 Å². The molecule has 2 heterocycles. The zero-order valence-electron chi connectivity index (χ0n) is 16.1. The molecule has 0 bridgehead atoms. The van der Waals surface area contributed by atoms with E-state index < -0.39 is 38.6 Å². The molecule has 0 saturated carbocycles. The molecule has 1 aliphatic rings. The average molecular weight is 442 g/mol. The van der Waals surface area contributed by atoms with Crippen molar-refractivity contribution in [1.82, 2.24) is 9.71 Å². The lowest BCUT2D eigenvalue weighted by molar-refractivity contribution is -0.139. The number of rotatable bonds is 6. The summed E-state index contributed by atoms with van der Waals surface area (Å²) in [7, 11) is -4.58. The van der Waals surface area contributed by atoms with Gasteiger partial charge in [-0.1, -0.05) is 12.1 Å². The average Bonchev–Trinajstić information content (AvgIpc) is 3.22. The van der Waals surface area contributed by atoms with Gasteiger partial charge in [0.25, 0.3) is 0 Å². The fourth-order valence-electron chi connectivity index (χ4n) is 3.13. The van der Waals surface area contributed by atoms with Crippen molar-refractivity contribution in [2.24, 2.45) is 0 Å². The van der Waals surface area contributed by atoms with Gasteiger partial charge in [0, 0.05) is 13.1 Å². The Morgan fingerprint density at radius 2 is 1.80 bits per heavy atom. The van der Waals surface area contributed by atoms with Crippen molar-refractivity contribution < 1.29 is 26.4 Å². The highest BCUT2D eigenvalue weighted by molar-refractivity contribution is 7.89. The van der Waals surface area contributed by atoms with Crippen molar-refractivity contribution in [3.63, 3.8) is 0 Å². The van der Waals surface area contributed by atoms with Crippen molar-refractivity contribution in [1.29, 1.82) is 0 Å². The predicted molar refractivity (Wildman–Crippen MR) is 106 cm³/mol. The van der Waals surface area contributed by atoms with Crippen LogP contribution in [-0.2, 0) is 21.0 Å². The van der Waals surface area contributed by atoms with Crippen LogP contribution in [-0.4, -0.2) is 38.4 Å². The highest BCUT2D eigenvalue weighted by Gasteiger charge is 2.37. The SMILES string of the molecule is C[C@H](NS(=O)(=O)c1ccccc1C(F)(F)F)C(=O)Nc1ccc(N2CCCC2)nc1. The Balaban J connectivity index is 1.68. The van der Waals surface area contributed by atoms with Crippen LogP contribution in [0.25, 0.3) is 0 Å². The molecule has 1 aliphatic heterocycles. The Morgan fingerprint density at radius 1 is 1.13 bits per heavy atom. The molecule has 1 fully saturated rings. The minimum Gasteiger partial charge on any atom is -0.357 e. The van der Waals surface area contributed by atoms with E-state index in [0.29, 0.717) is 11.8 Å². The lowest BCUT2D eigenvalue weighted by atomic mass is 10.2. The van der Waals surface area contributed by atoms with E-state index in [-0.39, 0.29) is 0 Å². The summed E-state index contributed by atoms with van der Waals surface area (Å²) in [6.45, 7) is 3.07. The molecule has 0 radical (unpaired) electrons. The second-order valence-electron chi connectivity index (χ2n) is 6.93. The normalized spacial score (nSPS) is 15.8. The molecule has 1 atom stereocenters. The van der Waals surface area contributed by atoms with Gasteiger partial charge >= 0.3 is 6.18 Å². The van der Waals surface area contributed by atoms with Crippen LogP contribution in [0.2, 0.25) is 0 Å². The smallest absolute Gasteiger partial charge is 0.357 e. The number of sulfonamides is 1. The van der Waals surface area contributed by atoms with Crippen LogP contribution >= 0.6 is 0 Å². The van der Waals surface area contributed by atoms with Gasteiger partial charge in [-0.25, -0.2) is 13.4 Å². The van der Waals surface area contributed by atoms with Crippen LogP contribution in [0.15, 0.2) is 47.5 Å². The van der Waals surface area contributed by atoms with Gasteiger partial charge in [0.1, 0.15) is 5.82 Å². The van der Waals surface area contributed by atoms with E-state index in [2.05, 4.69) is 15.2 Å². The monoisotopic (exact) mass is 442 g/mol. The molecule has 0 aliphatic carbocycles. The standard InChI is InChI=1S/C19H21F3N4O3S/c1-13(25-30(28,29)16-7-3-2-6-15(16)19(20,21)22)18(27)24-14-8-9-17(23-12-14)26-10-4-5-11-26/h2-3,6-9,12-13,25H,4-5,10-11H2,1H3,(H,24,27)/t13-/m0/s1. The molecule has 30 heavy (non-hydrogen) atoms. The van der Waals surface area contributed by atoms with E-state index in [1.54, 1.807) is 12.1 Å². The number of anilines is 2. The molecule has 7 nitrogen and oxygen atoms in total. The molecule has 162 valence electrons. The van der Waals surface area contributed by atoms with Crippen LogP contribution in [0.3, 0.4) is 0 Å². The molecule has 0 spiro atoms. The summed E-state index contributed by atoms with van der Waals surface area (Å²) in [6.07, 6.45) is -1.21. The first-order valence-corrected chi connectivity index (χ1v) is 10.8. The zero-order valence-corrected chi connectivity index (χ0v) is 16.9. The van der Waals surface area contributed by atoms with E-state index in [1.807, 2.05) is 4.72 Å². The Hall–Kier alpha value is -2.66. The number of nitrogens with zero attached hydrogens (tertiary/aromatic N) is 2. The summed E-state index contributed by atoms with van der Waals surface area (Å²) in [5.41, 5.74) is -0.948. The summed E-state index contributed by atoms with van der Waals surface area (Å²) in [5, 5.41) is 2.51. The molecule has 3 rings (SSSR count). The number of alkyl halides is 3. The van der Waals surface area contributed by atoms with Gasteiger partial charge < -0.3 is 10.2 Å². The van der Waals surface area contributed by atoms with Gasteiger partial charge in [-0.3, -0.25) is 4.79 Å². The number of benzene rings is 1. The van der Waals surface area contributed by atoms with E-state index >= 15 is 0 Å². The number of amides is 1. The molecule has 11 heteroatoms. The number of nitrogens with one attached hydrogen (secondary N) is 2. The highest BCUT2D eigenvalue weighted by Crippen LogP contribution is 2.33. The quantitative estimate of drug-likeness (QED) is 0.718. The lowest BCUT2D eigenvalue weighted by Gasteiger charge is -2.18. The van der Waals surface area contributed by atoms with Crippen LogP contribution in [0.4, 0.5) is 24.7 Å². The molecule has 1 aromatic heterocycles.